The number of benzene rings is 2. The number of nitrogens with zero attached hydrogens (tertiary/aromatic N) is 4. The number of rotatable bonds is 7. The molecule has 0 unspecified atom stereocenters. The molecular formula is C24H28FN7O. The molecule has 0 saturated carbocycles. The van der Waals surface area contributed by atoms with Crippen LogP contribution in [0.1, 0.15) is 0 Å². The van der Waals surface area contributed by atoms with Crippen molar-refractivity contribution in [1.82, 2.24) is 10.2 Å². The molecule has 0 atom stereocenters. The summed E-state index contributed by atoms with van der Waals surface area (Å²) >= 11 is 0. The number of anilines is 2. The van der Waals surface area contributed by atoms with E-state index in [2.05, 4.69) is 32.1 Å². The van der Waals surface area contributed by atoms with E-state index >= 15 is 0 Å². The molecule has 33 heavy (non-hydrogen) atoms. The molecule has 4 rings (SSSR count). The lowest BCUT2D eigenvalue weighted by atomic mass is 10.2. The van der Waals surface area contributed by atoms with Crippen LogP contribution >= 0.6 is 0 Å². The largest absolute Gasteiger partial charge is 0.403 e. The second-order valence-corrected chi connectivity index (χ2v) is 7.53. The second kappa shape index (κ2) is 10.8. The van der Waals surface area contributed by atoms with Gasteiger partial charge in [0.1, 0.15) is 17.3 Å². The quantitative estimate of drug-likeness (QED) is 0.602. The first kappa shape index (κ1) is 22.5. The van der Waals surface area contributed by atoms with Crippen LogP contribution in [0.3, 0.4) is 0 Å². The van der Waals surface area contributed by atoms with Crippen LogP contribution in [0.4, 0.5) is 15.8 Å². The third-order valence-electron chi connectivity index (χ3n) is 5.27. The van der Waals surface area contributed by atoms with E-state index in [1.807, 2.05) is 30.3 Å². The summed E-state index contributed by atoms with van der Waals surface area (Å²) < 4.78 is 19.7. The van der Waals surface area contributed by atoms with Crippen LogP contribution in [-0.4, -0.2) is 56.1 Å². The number of morpholine rings is 1. The number of hydrogen-bond acceptors (Lipinski definition) is 7. The van der Waals surface area contributed by atoms with Crippen molar-refractivity contribution >= 4 is 23.2 Å². The van der Waals surface area contributed by atoms with Gasteiger partial charge in [-0.25, -0.2) is 14.4 Å². The van der Waals surface area contributed by atoms with Crippen LogP contribution in [0.25, 0.3) is 0 Å². The molecular weight excluding hydrogens is 421 g/mol. The van der Waals surface area contributed by atoms with Crippen molar-refractivity contribution in [2.24, 2.45) is 15.7 Å². The molecule has 2 aliphatic heterocycles. The highest BCUT2D eigenvalue weighted by Crippen LogP contribution is 2.26. The number of nitrogens with two attached hydrogens (primary N) is 1. The van der Waals surface area contributed by atoms with Gasteiger partial charge in [0.15, 0.2) is 5.84 Å². The summed E-state index contributed by atoms with van der Waals surface area (Å²) in [6, 6.07) is 16.0. The SMILES string of the molecule is C=C(/N=C1\C(=C/N)N=C(Nc2ccccc2F)N1c1ccccc1)NCCN1CCOCC1. The normalized spacial score (nSPS) is 19.1. The zero-order valence-electron chi connectivity index (χ0n) is 18.4. The Labute approximate surface area is 193 Å². The van der Waals surface area contributed by atoms with E-state index in [9.17, 15) is 4.39 Å². The molecule has 0 aliphatic carbocycles. The minimum absolute atomic E-state index is 0.303. The van der Waals surface area contributed by atoms with E-state index in [1.54, 1.807) is 23.1 Å². The molecule has 172 valence electrons. The van der Waals surface area contributed by atoms with Gasteiger partial charge < -0.3 is 21.1 Å². The van der Waals surface area contributed by atoms with Gasteiger partial charge in [0.2, 0.25) is 5.96 Å². The summed E-state index contributed by atoms with van der Waals surface area (Å²) in [6.45, 7) is 8.98. The zero-order chi connectivity index (χ0) is 23.0. The number of aliphatic imine (C=N–C) groups is 2. The van der Waals surface area contributed by atoms with Crippen LogP contribution in [0.5, 0.6) is 0 Å². The molecule has 0 spiro atoms. The fraction of sp³-hybridized carbons (Fsp3) is 0.250. The van der Waals surface area contributed by atoms with Crippen molar-refractivity contribution in [1.29, 1.82) is 0 Å². The number of para-hydroxylation sites is 2. The first-order valence-electron chi connectivity index (χ1n) is 10.8. The number of halogens is 1. The van der Waals surface area contributed by atoms with Gasteiger partial charge in [0, 0.05) is 32.4 Å². The van der Waals surface area contributed by atoms with Gasteiger partial charge in [-0.3, -0.25) is 9.80 Å². The van der Waals surface area contributed by atoms with Crippen molar-refractivity contribution in [3.8, 4) is 0 Å². The Kier molecular flexibility index (Phi) is 7.33. The molecule has 1 saturated heterocycles. The number of guanidine groups is 1. The Morgan fingerprint density at radius 3 is 2.61 bits per heavy atom. The molecule has 2 heterocycles. The van der Waals surface area contributed by atoms with Gasteiger partial charge in [0.05, 0.1) is 24.6 Å². The van der Waals surface area contributed by atoms with Crippen LogP contribution < -0.4 is 21.3 Å². The number of nitrogens with one attached hydrogen (secondary N) is 2. The van der Waals surface area contributed by atoms with Crippen LogP contribution in [0.2, 0.25) is 0 Å². The first-order chi connectivity index (χ1) is 16.2. The number of ether oxygens (including phenoxy) is 1. The van der Waals surface area contributed by atoms with Crippen molar-refractivity contribution < 1.29 is 9.13 Å². The molecule has 0 radical (unpaired) electrons. The molecule has 1 fully saturated rings. The second-order valence-electron chi connectivity index (χ2n) is 7.53. The van der Waals surface area contributed by atoms with Crippen molar-refractivity contribution in [2.75, 3.05) is 49.6 Å². The fourth-order valence-corrected chi connectivity index (χ4v) is 3.59. The predicted molar refractivity (Wildman–Crippen MR) is 130 cm³/mol. The average Bonchev–Trinajstić information content (AvgIpc) is 3.18. The number of amidine groups is 1. The predicted octanol–water partition coefficient (Wildman–Crippen LogP) is 2.71. The molecule has 0 bridgehead atoms. The first-order valence-corrected chi connectivity index (χ1v) is 10.8. The maximum Gasteiger partial charge on any atom is 0.214 e. The van der Waals surface area contributed by atoms with Gasteiger partial charge >= 0.3 is 0 Å². The monoisotopic (exact) mass is 449 g/mol. The van der Waals surface area contributed by atoms with Crippen molar-refractivity contribution in [3.05, 3.63) is 84.7 Å². The smallest absolute Gasteiger partial charge is 0.214 e. The van der Waals surface area contributed by atoms with Crippen LogP contribution in [0, 0.1) is 5.82 Å². The highest BCUT2D eigenvalue weighted by atomic mass is 19.1. The lowest BCUT2D eigenvalue weighted by molar-refractivity contribution is 0.0387. The minimum atomic E-state index is -0.383. The van der Waals surface area contributed by atoms with Gasteiger partial charge in [-0.2, -0.15) is 0 Å². The van der Waals surface area contributed by atoms with E-state index < -0.39 is 0 Å². The van der Waals surface area contributed by atoms with E-state index in [1.165, 1.54) is 12.3 Å². The molecule has 0 aromatic heterocycles. The highest BCUT2D eigenvalue weighted by molar-refractivity contribution is 6.32. The summed E-state index contributed by atoms with van der Waals surface area (Å²) in [6.07, 6.45) is 1.38. The Balaban J connectivity index is 1.54. The Hall–Kier alpha value is -3.69. The van der Waals surface area contributed by atoms with Crippen molar-refractivity contribution in [3.63, 3.8) is 0 Å². The van der Waals surface area contributed by atoms with Gasteiger partial charge in [0.25, 0.3) is 0 Å². The van der Waals surface area contributed by atoms with Crippen LogP contribution in [-0.2, 0) is 4.74 Å². The maximum absolute atomic E-state index is 14.3. The third kappa shape index (κ3) is 5.57. The summed E-state index contributed by atoms with van der Waals surface area (Å²) in [7, 11) is 0. The molecule has 0 amide bonds. The summed E-state index contributed by atoms with van der Waals surface area (Å²) in [5, 5.41) is 6.32. The fourth-order valence-electron chi connectivity index (χ4n) is 3.59. The van der Waals surface area contributed by atoms with Gasteiger partial charge in [-0.1, -0.05) is 36.9 Å². The van der Waals surface area contributed by atoms with Gasteiger partial charge in [-0.15, -0.1) is 0 Å². The summed E-state index contributed by atoms with van der Waals surface area (Å²) in [5.74, 6) is 0.987. The van der Waals surface area contributed by atoms with Crippen LogP contribution in [0.15, 0.2) is 88.9 Å². The summed E-state index contributed by atoms with van der Waals surface area (Å²) in [5.41, 5.74) is 7.43. The maximum atomic E-state index is 14.3. The lowest BCUT2D eigenvalue weighted by Gasteiger charge is -2.26. The summed E-state index contributed by atoms with van der Waals surface area (Å²) in [4.78, 5) is 13.4. The number of hydrogen-bond donors (Lipinski definition) is 3. The van der Waals surface area contributed by atoms with Gasteiger partial charge in [-0.05, 0) is 24.3 Å². The minimum Gasteiger partial charge on any atom is -0.403 e. The standard InChI is InChI=1S/C24H28FN7O/c1-18(27-11-12-31-13-15-33-16-14-31)28-23-22(17-26)30-24(29-21-10-6-5-9-20(21)25)32(23)19-7-3-2-4-8-19/h2-10,17,27H,1,11-16,26H2,(H,29,30)/b22-17+,28-23+. The van der Waals surface area contributed by atoms with E-state index in [0.717, 1.165) is 38.5 Å². The molecule has 2 aromatic carbocycles. The third-order valence-corrected chi connectivity index (χ3v) is 5.27. The molecule has 2 aromatic rings. The van der Waals surface area contributed by atoms with E-state index in [0.29, 0.717) is 35.5 Å². The molecule has 4 N–H and O–H groups in total. The highest BCUT2D eigenvalue weighted by Gasteiger charge is 2.30. The average molecular weight is 450 g/mol. The van der Waals surface area contributed by atoms with Crippen molar-refractivity contribution in [2.45, 2.75) is 0 Å². The Bertz CT molecular complexity index is 1060. The zero-order valence-corrected chi connectivity index (χ0v) is 18.4. The van der Waals surface area contributed by atoms with E-state index in [-0.39, 0.29) is 5.82 Å². The van der Waals surface area contributed by atoms with E-state index in [4.69, 9.17) is 10.5 Å². The molecule has 9 heteroatoms. The molecule has 8 nitrogen and oxygen atoms in total. The molecule has 2 aliphatic rings. The Morgan fingerprint density at radius 1 is 1.15 bits per heavy atom. The lowest BCUT2D eigenvalue weighted by Crippen LogP contribution is -2.40. The Morgan fingerprint density at radius 2 is 1.88 bits per heavy atom. The topological polar surface area (TPSA) is 90.5 Å².